The first-order valence-electron chi connectivity index (χ1n) is 5.47. The summed E-state index contributed by atoms with van der Waals surface area (Å²) in [6.45, 7) is 0. The van der Waals surface area contributed by atoms with E-state index in [2.05, 4.69) is 11.4 Å². The van der Waals surface area contributed by atoms with Crippen molar-refractivity contribution in [1.29, 1.82) is 0 Å². The summed E-state index contributed by atoms with van der Waals surface area (Å²) in [5.41, 5.74) is 0. The molecule has 1 heterocycles. The van der Waals surface area contributed by atoms with Gasteiger partial charge in [-0.05, 0) is 31.4 Å². The molecule has 0 fully saturated rings. The number of thiophene rings is 1. The number of nitrogens with one attached hydrogen (secondary N) is 1. The van der Waals surface area contributed by atoms with Gasteiger partial charge in [-0.2, -0.15) is 0 Å². The number of rotatable bonds is 3. The third-order valence-electron chi connectivity index (χ3n) is 2.61. The van der Waals surface area contributed by atoms with Gasteiger partial charge in [0.15, 0.2) is 0 Å². The van der Waals surface area contributed by atoms with Crippen molar-refractivity contribution in [2.24, 2.45) is 0 Å². The van der Waals surface area contributed by atoms with Crippen LogP contribution in [0, 0.1) is 0 Å². The Bertz CT molecular complexity index is 464. The highest BCUT2D eigenvalue weighted by molar-refractivity contribution is 7.15. The molecular formula is C12H13NO3S. The first-order valence-corrected chi connectivity index (χ1v) is 6.29. The molecule has 0 spiro atoms. The normalized spacial score (nSPS) is 18.9. The molecule has 1 amide bonds. The number of aromatic carboxylic acids is 1. The summed E-state index contributed by atoms with van der Waals surface area (Å²) < 4.78 is 0. The van der Waals surface area contributed by atoms with E-state index in [0.29, 0.717) is 4.88 Å². The molecule has 1 aromatic heterocycles. The summed E-state index contributed by atoms with van der Waals surface area (Å²) in [6.07, 6.45) is 7.14. The fraction of sp³-hybridized carbons (Fsp3) is 0.333. The first-order chi connectivity index (χ1) is 8.16. The van der Waals surface area contributed by atoms with Gasteiger partial charge in [-0.3, -0.25) is 4.79 Å². The summed E-state index contributed by atoms with van der Waals surface area (Å²) in [6, 6.07) is 3.08. The summed E-state index contributed by atoms with van der Waals surface area (Å²) in [4.78, 5) is 23.2. The van der Waals surface area contributed by atoms with E-state index in [4.69, 9.17) is 5.11 Å². The van der Waals surface area contributed by atoms with Gasteiger partial charge in [0.1, 0.15) is 4.88 Å². The second kappa shape index (κ2) is 5.14. The molecule has 1 aromatic rings. The number of hydrogen-bond acceptors (Lipinski definition) is 3. The quantitative estimate of drug-likeness (QED) is 0.810. The van der Waals surface area contributed by atoms with E-state index in [1.54, 1.807) is 6.07 Å². The van der Waals surface area contributed by atoms with Gasteiger partial charge < -0.3 is 10.4 Å². The topological polar surface area (TPSA) is 66.4 Å². The lowest BCUT2D eigenvalue weighted by atomic mass is 10.0. The Labute approximate surface area is 103 Å². The van der Waals surface area contributed by atoms with Gasteiger partial charge in [-0.25, -0.2) is 4.79 Å². The number of carboxylic acid groups (broad SMARTS) is 1. The van der Waals surface area contributed by atoms with Gasteiger partial charge in [0.05, 0.1) is 4.88 Å². The second-order valence-electron chi connectivity index (χ2n) is 3.91. The molecule has 0 bridgehead atoms. The van der Waals surface area contributed by atoms with Gasteiger partial charge in [-0.1, -0.05) is 12.2 Å². The molecule has 0 unspecified atom stereocenters. The lowest BCUT2D eigenvalue weighted by Crippen LogP contribution is -2.33. The van der Waals surface area contributed by atoms with Crippen LogP contribution in [0.25, 0.3) is 0 Å². The number of carbonyl (C=O) groups excluding carboxylic acids is 1. The molecule has 0 radical (unpaired) electrons. The van der Waals surface area contributed by atoms with Gasteiger partial charge >= 0.3 is 5.97 Å². The van der Waals surface area contributed by atoms with E-state index in [1.807, 2.05) is 6.08 Å². The molecule has 1 aliphatic rings. The summed E-state index contributed by atoms with van der Waals surface area (Å²) in [5, 5.41) is 11.6. The Hall–Kier alpha value is -1.62. The molecule has 0 saturated heterocycles. The van der Waals surface area contributed by atoms with E-state index >= 15 is 0 Å². The van der Waals surface area contributed by atoms with Crippen molar-refractivity contribution in [2.45, 2.75) is 25.3 Å². The highest BCUT2D eigenvalue weighted by atomic mass is 32.1. The molecule has 0 aromatic carbocycles. The molecule has 1 aliphatic carbocycles. The van der Waals surface area contributed by atoms with Gasteiger partial charge in [-0.15, -0.1) is 11.3 Å². The minimum Gasteiger partial charge on any atom is -0.477 e. The zero-order valence-electron chi connectivity index (χ0n) is 9.18. The van der Waals surface area contributed by atoms with Crippen molar-refractivity contribution < 1.29 is 14.7 Å². The molecule has 5 heteroatoms. The molecule has 2 rings (SSSR count). The molecule has 0 saturated carbocycles. The van der Waals surface area contributed by atoms with Crippen LogP contribution in [-0.2, 0) is 0 Å². The maximum atomic E-state index is 11.8. The molecule has 17 heavy (non-hydrogen) atoms. The van der Waals surface area contributed by atoms with E-state index < -0.39 is 5.97 Å². The van der Waals surface area contributed by atoms with Crippen LogP contribution in [0.4, 0.5) is 0 Å². The van der Waals surface area contributed by atoms with Crippen LogP contribution in [0.1, 0.15) is 38.6 Å². The largest absolute Gasteiger partial charge is 0.477 e. The fourth-order valence-corrected chi connectivity index (χ4v) is 2.50. The zero-order chi connectivity index (χ0) is 12.3. The van der Waals surface area contributed by atoms with Crippen molar-refractivity contribution in [1.82, 2.24) is 5.32 Å². The molecule has 90 valence electrons. The van der Waals surface area contributed by atoms with Crippen LogP contribution in [0.2, 0.25) is 0 Å². The van der Waals surface area contributed by atoms with Gasteiger partial charge in [0.25, 0.3) is 5.91 Å². The third kappa shape index (κ3) is 2.94. The SMILES string of the molecule is O=C(O)c1ccc(C(=O)N[C@@H]2C=CCCC2)s1. The Morgan fingerprint density at radius 3 is 2.71 bits per heavy atom. The summed E-state index contributed by atoms with van der Waals surface area (Å²) in [5.74, 6) is -1.19. The van der Waals surface area contributed by atoms with E-state index in [-0.39, 0.29) is 16.8 Å². The molecule has 1 atom stereocenters. The minimum atomic E-state index is -0.994. The van der Waals surface area contributed by atoms with Crippen LogP contribution >= 0.6 is 11.3 Å². The lowest BCUT2D eigenvalue weighted by Gasteiger charge is -2.17. The predicted octanol–water partition coefficient (Wildman–Crippen LogP) is 2.28. The van der Waals surface area contributed by atoms with Crippen LogP contribution in [0.3, 0.4) is 0 Å². The minimum absolute atomic E-state index is 0.0756. The highest BCUT2D eigenvalue weighted by Crippen LogP contribution is 2.17. The van der Waals surface area contributed by atoms with Gasteiger partial charge in [0, 0.05) is 6.04 Å². The average molecular weight is 251 g/mol. The second-order valence-corrected chi connectivity index (χ2v) is 4.99. The smallest absolute Gasteiger partial charge is 0.345 e. The third-order valence-corrected chi connectivity index (χ3v) is 3.68. The Morgan fingerprint density at radius 2 is 2.12 bits per heavy atom. The fourth-order valence-electron chi connectivity index (χ4n) is 1.75. The first kappa shape index (κ1) is 11.9. The maximum absolute atomic E-state index is 11.8. The van der Waals surface area contributed by atoms with E-state index in [9.17, 15) is 9.59 Å². The molecule has 4 nitrogen and oxygen atoms in total. The number of carbonyl (C=O) groups is 2. The monoisotopic (exact) mass is 251 g/mol. The Balaban J connectivity index is 2.01. The number of carboxylic acids is 1. The van der Waals surface area contributed by atoms with Crippen molar-refractivity contribution in [3.8, 4) is 0 Å². The van der Waals surface area contributed by atoms with E-state index in [1.165, 1.54) is 6.07 Å². The van der Waals surface area contributed by atoms with Crippen molar-refractivity contribution in [3.05, 3.63) is 34.0 Å². The number of amides is 1. The van der Waals surface area contributed by atoms with Crippen molar-refractivity contribution >= 4 is 23.2 Å². The molecule has 0 aliphatic heterocycles. The molecular weight excluding hydrogens is 238 g/mol. The average Bonchev–Trinajstić information content (AvgIpc) is 2.79. The summed E-state index contributed by atoms with van der Waals surface area (Å²) >= 11 is 1.00. The summed E-state index contributed by atoms with van der Waals surface area (Å²) in [7, 11) is 0. The Kier molecular flexibility index (Phi) is 3.58. The number of hydrogen-bond donors (Lipinski definition) is 2. The van der Waals surface area contributed by atoms with E-state index in [0.717, 1.165) is 30.6 Å². The van der Waals surface area contributed by atoms with Crippen molar-refractivity contribution in [3.63, 3.8) is 0 Å². The van der Waals surface area contributed by atoms with Crippen LogP contribution in [-0.4, -0.2) is 23.0 Å². The van der Waals surface area contributed by atoms with Crippen LogP contribution in [0.5, 0.6) is 0 Å². The number of allylic oxidation sites excluding steroid dienone is 1. The van der Waals surface area contributed by atoms with Crippen LogP contribution in [0.15, 0.2) is 24.3 Å². The lowest BCUT2D eigenvalue weighted by molar-refractivity contribution is 0.0702. The van der Waals surface area contributed by atoms with Crippen molar-refractivity contribution in [2.75, 3.05) is 0 Å². The Morgan fingerprint density at radius 1 is 1.35 bits per heavy atom. The van der Waals surface area contributed by atoms with Crippen LogP contribution < -0.4 is 5.32 Å². The van der Waals surface area contributed by atoms with Gasteiger partial charge in [0.2, 0.25) is 0 Å². The molecule has 2 N–H and O–H groups in total. The zero-order valence-corrected chi connectivity index (χ0v) is 10.00. The predicted molar refractivity (Wildman–Crippen MR) is 65.5 cm³/mol. The standard InChI is InChI=1S/C12H13NO3S/c14-11(13-8-4-2-1-3-5-8)9-6-7-10(17-9)12(15)16/h2,4,6-8H,1,3,5H2,(H,13,14)(H,15,16)/t8-/m1/s1. The maximum Gasteiger partial charge on any atom is 0.345 e. The highest BCUT2D eigenvalue weighted by Gasteiger charge is 2.16.